The fourth-order valence-electron chi connectivity index (χ4n) is 4.76. The number of carbonyl (C=O) groups excluding carboxylic acids is 3. The second-order valence-corrected chi connectivity index (χ2v) is 11.5. The van der Waals surface area contributed by atoms with Crippen LogP contribution >= 0.6 is 0 Å². The van der Waals surface area contributed by atoms with Gasteiger partial charge in [0.25, 0.3) is 5.91 Å². The summed E-state index contributed by atoms with van der Waals surface area (Å²) < 4.78 is 10.7. The van der Waals surface area contributed by atoms with Gasteiger partial charge in [-0.2, -0.15) is 0 Å². The lowest BCUT2D eigenvalue weighted by atomic mass is 9.97. The van der Waals surface area contributed by atoms with Crippen molar-refractivity contribution in [1.29, 1.82) is 0 Å². The molecule has 2 atom stereocenters. The summed E-state index contributed by atoms with van der Waals surface area (Å²) in [5, 5.41) is 16.8. The van der Waals surface area contributed by atoms with Gasteiger partial charge in [-0.15, -0.1) is 0 Å². The molecule has 0 aromatic heterocycles. The minimum Gasteiger partial charge on any atom is -0.507 e. The summed E-state index contributed by atoms with van der Waals surface area (Å²) in [6.07, 6.45) is 0.837. The zero-order valence-corrected chi connectivity index (χ0v) is 24.7. The summed E-state index contributed by atoms with van der Waals surface area (Å²) in [5.41, 5.74) is 1.45. The standard InChI is InChI=1S/C33H39N3O6/c1-21-10-9-13-26(29(21)37)28(30(38)34-23-14-18-25(41-5)19-15-23)36(24-16-17-24)31(39)27(20-22-11-7-6-8-12-22)35-32(40)42-33(2,3)4/h6-15,18-19,24,27-28,37H,16-17,20H2,1-5H3,(H,34,38)(H,35,40). The molecule has 0 spiro atoms. The van der Waals surface area contributed by atoms with Crippen molar-refractivity contribution in [2.24, 2.45) is 0 Å². The molecular formula is C33H39N3O6. The van der Waals surface area contributed by atoms with Gasteiger partial charge in [-0.3, -0.25) is 9.59 Å². The zero-order valence-electron chi connectivity index (χ0n) is 24.7. The van der Waals surface area contributed by atoms with Crippen molar-refractivity contribution in [3.05, 3.63) is 89.5 Å². The monoisotopic (exact) mass is 573 g/mol. The van der Waals surface area contributed by atoms with Gasteiger partial charge in [0.2, 0.25) is 5.91 Å². The van der Waals surface area contributed by atoms with Crippen LogP contribution in [0.1, 0.15) is 56.3 Å². The Kier molecular flexibility index (Phi) is 9.40. The number of aryl methyl sites for hydroxylation is 1. The van der Waals surface area contributed by atoms with Gasteiger partial charge in [0.1, 0.15) is 29.2 Å². The molecule has 0 aliphatic heterocycles. The number of nitrogens with zero attached hydrogens (tertiary/aromatic N) is 1. The van der Waals surface area contributed by atoms with E-state index in [9.17, 15) is 19.5 Å². The molecule has 1 fully saturated rings. The van der Waals surface area contributed by atoms with E-state index < -0.39 is 35.6 Å². The number of methoxy groups -OCH3 is 1. The minimum absolute atomic E-state index is 0.0643. The van der Waals surface area contributed by atoms with E-state index in [2.05, 4.69) is 10.6 Å². The van der Waals surface area contributed by atoms with E-state index in [0.29, 0.717) is 35.4 Å². The SMILES string of the molecule is COc1ccc(NC(=O)C(c2cccc(C)c2O)N(C(=O)C(Cc2ccccc2)NC(=O)OC(C)(C)C)C2CC2)cc1. The Morgan fingerprint density at radius 3 is 2.24 bits per heavy atom. The minimum atomic E-state index is -1.16. The van der Waals surface area contributed by atoms with Crippen molar-refractivity contribution in [1.82, 2.24) is 10.2 Å². The molecule has 42 heavy (non-hydrogen) atoms. The van der Waals surface area contributed by atoms with Crippen LogP contribution in [0.15, 0.2) is 72.8 Å². The number of nitrogens with one attached hydrogen (secondary N) is 2. The Bertz CT molecular complexity index is 1400. The summed E-state index contributed by atoms with van der Waals surface area (Å²) in [6.45, 7) is 6.98. The number of para-hydroxylation sites is 1. The molecule has 9 heteroatoms. The first-order valence-electron chi connectivity index (χ1n) is 14.1. The highest BCUT2D eigenvalue weighted by Gasteiger charge is 2.45. The number of aromatic hydroxyl groups is 1. The van der Waals surface area contributed by atoms with Crippen LogP contribution in [-0.4, -0.2) is 52.7 Å². The Morgan fingerprint density at radius 1 is 0.976 bits per heavy atom. The number of hydrogen-bond acceptors (Lipinski definition) is 6. The molecule has 3 aromatic rings. The Morgan fingerprint density at radius 2 is 1.64 bits per heavy atom. The van der Waals surface area contributed by atoms with Crippen molar-refractivity contribution >= 4 is 23.6 Å². The van der Waals surface area contributed by atoms with Crippen molar-refractivity contribution in [2.75, 3.05) is 12.4 Å². The lowest BCUT2D eigenvalue weighted by Crippen LogP contribution is -2.54. The summed E-state index contributed by atoms with van der Waals surface area (Å²) in [6, 6.07) is 18.9. The summed E-state index contributed by atoms with van der Waals surface area (Å²) >= 11 is 0. The number of alkyl carbamates (subject to hydrolysis) is 1. The second-order valence-electron chi connectivity index (χ2n) is 11.5. The lowest BCUT2D eigenvalue weighted by molar-refractivity contribution is -0.141. The highest BCUT2D eigenvalue weighted by atomic mass is 16.6. The number of phenols is 1. The third-order valence-electron chi connectivity index (χ3n) is 6.91. The zero-order chi connectivity index (χ0) is 30.4. The smallest absolute Gasteiger partial charge is 0.408 e. The van der Waals surface area contributed by atoms with Gasteiger partial charge in [-0.25, -0.2) is 4.79 Å². The molecule has 3 aromatic carbocycles. The van der Waals surface area contributed by atoms with E-state index in [1.807, 2.05) is 30.3 Å². The van der Waals surface area contributed by atoms with Crippen molar-refractivity contribution < 1.29 is 29.0 Å². The number of amides is 3. The summed E-state index contributed by atoms with van der Waals surface area (Å²) in [7, 11) is 1.56. The molecule has 0 radical (unpaired) electrons. The lowest BCUT2D eigenvalue weighted by Gasteiger charge is -2.35. The molecule has 2 unspecified atom stereocenters. The molecule has 1 saturated carbocycles. The Labute approximate surface area is 246 Å². The van der Waals surface area contributed by atoms with E-state index in [0.717, 1.165) is 5.56 Å². The quantitative estimate of drug-likeness (QED) is 0.294. The van der Waals surface area contributed by atoms with E-state index >= 15 is 0 Å². The van der Waals surface area contributed by atoms with Gasteiger partial charge < -0.3 is 30.1 Å². The number of ether oxygens (including phenoxy) is 2. The average molecular weight is 574 g/mol. The molecular weight excluding hydrogens is 534 g/mol. The van der Waals surface area contributed by atoms with Crippen LogP contribution in [0.3, 0.4) is 0 Å². The van der Waals surface area contributed by atoms with Crippen LogP contribution in [0, 0.1) is 6.92 Å². The van der Waals surface area contributed by atoms with Crippen molar-refractivity contribution in [3.63, 3.8) is 0 Å². The predicted molar refractivity (Wildman–Crippen MR) is 160 cm³/mol. The third kappa shape index (κ3) is 7.81. The first kappa shape index (κ1) is 30.4. The van der Waals surface area contributed by atoms with E-state index in [-0.39, 0.29) is 18.2 Å². The maximum absolute atomic E-state index is 14.5. The third-order valence-corrected chi connectivity index (χ3v) is 6.91. The molecule has 0 heterocycles. The predicted octanol–water partition coefficient (Wildman–Crippen LogP) is 5.52. The fourth-order valence-corrected chi connectivity index (χ4v) is 4.76. The number of rotatable bonds is 10. The maximum atomic E-state index is 14.5. The molecule has 1 aliphatic carbocycles. The van der Waals surface area contributed by atoms with Crippen LogP contribution < -0.4 is 15.4 Å². The van der Waals surface area contributed by atoms with Crippen molar-refractivity contribution in [2.45, 2.75) is 70.7 Å². The first-order valence-corrected chi connectivity index (χ1v) is 14.1. The highest BCUT2D eigenvalue weighted by molar-refractivity contribution is 5.99. The van der Waals surface area contributed by atoms with Gasteiger partial charge in [0.15, 0.2) is 0 Å². The first-order chi connectivity index (χ1) is 20.0. The van der Waals surface area contributed by atoms with Crippen LogP contribution in [0.4, 0.5) is 10.5 Å². The summed E-state index contributed by atoms with van der Waals surface area (Å²) in [5.74, 6) is -0.363. The van der Waals surface area contributed by atoms with Crippen LogP contribution in [0.25, 0.3) is 0 Å². The van der Waals surface area contributed by atoms with Gasteiger partial charge in [0, 0.05) is 23.7 Å². The molecule has 0 saturated heterocycles. The molecule has 3 N–H and O–H groups in total. The number of phenolic OH excluding ortho intramolecular Hbond substituents is 1. The number of hydrogen-bond donors (Lipinski definition) is 3. The Balaban J connectivity index is 1.73. The molecule has 9 nitrogen and oxygen atoms in total. The van der Waals surface area contributed by atoms with E-state index in [1.165, 1.54) is 4.90 Å². The molecule has 222 valence electrons. The van der Waals surface area contributed by atoms with Crippen LogP contribution in [0.2, 0.25) is 0 Å². The van der Waals surface area contributed by atoms with E-state index in [4.69, 9.17) is 9.47 Å². The van der Waals surface area contributed by atoms with Gasteiger partial charge in [-0.1, -0.05) is 48.5 Å². The number of benzene rings is 3. The van der Waals surface area contributed by atoms with Crippen LogP contribution in [0.5, 0.6) is 11.5 Å². The molecule has 1 aliphatic rings. The van der Waals surface area contributed by atoms with Crippen LogP contribution in [-0.2, 0) is 20.7 Å². The average Bonchev–Trinajstić information content (AvgIpc) is 3.78. The van der Waals surface area contributed by atoms with Gasteiger partial charge >= 0.3 is 6.09 Å². The fraction of sp³-hybridized carbons (Fsp3) is 0.364. The molecule has 4 rings (SSSR count). The van der Waals surface area contributed by atoms with Gasteiger partial charge in [-0.05, 0) is 75.9 Å². The van der Waals surface area contributed by atoms with Gasteiger partial charge in [0.05, 0.1) is 7.11 Å². The maximum Gasteiger partial charge on any atom is 0.408 e. The van der Waals surface area contributed by atoms with E-state index in [1.54, 1.807) is 77.3 Å². The Hall–Kier alpha value is -4.53. The molecule has 0 bridgehead atoms. The number of carbonyl (C=O) groups is 3. The normalized spacial score (nSPS) is 14.3. The second kappa shape index (κ2) is 13.0. The summed E-state index contributed by atoms with van der Waals surface area (Å²) in [4.78, 5) is 42.9. The van der Waals surface area contributed by atoms with Crippen molar-refractivity contribution in [3.8, 4) is 11.5 Å². The topological polar surface area (TPSA) is 117 Å². The number of anilines is 1. The largest absolute Gasteiger partial charge is 0.507 e. The molecule has 3 amide bonds. The highest BCUT2D eigenvalue weighted by Crippen LogP contribution is 2.40.